The zero-order chi connectivity index (χ0) is 14.4. The number of aromatic nitrogens is 1. The van der Waals surface area contributed by atoms with Gasteiger partial charge >= 0.3 is 0 Å². The smallest absolute Gasteiger partial charge is 0.136 e. The Hall–Kier alpha value is -0.810. The molecule has 110 valence electrons. The van der Waals surface area contributed by atoms with Crippen molar-refractivity contribution < 1.29 is 0 Å². The van der Waals surface area contributed by atoms with E-state index in [-0.39, 0.29) is 0 Å². The first-order chi connectivity index (χ1) is 9.72. The van der Waals surface area contributed by atoms with Crippen LogP contribution in [0.25, 0.3) is 0 Å². The molecular weight excluding hydrogens is 286 g/mol. The molecule has 3 N–H and O–H groups in total. The number of anilines is 1. The first-order valence-electron chi connectivity index (χ1n) is 7.27. The first kappa shape index (κ1) is 15.6. The topological polar surface area (TPSA) is 50.9 Å². The summed E-state index contributed by atoms with van der Waals surface area (Å²) in [6.07, 6.45) is 9.22. The van der Waals surface area contributed by atoms with Gasteiger partial charge in [0.15, 0.2) is 0 Å². The summed E-state index contributed by atoms with van der Waals surface area (Å²) in [6.45, 7) is 0.940. The number of nitrogens with one attached hydrogen (secondary N) is 1. The summed E-state index contributed by atoms with van der Waals surface area (Å²) >= 11 is 7.06. The monoisotopic (exact) mass is 309 g/mol. The Bertz CT molecular complexity index is 474. The van der Waals surface area contributed by atoms with Crippen LogP contribution in [-0.2, 0) is 12.8 Å². The number of nitrogens with two attached hydrogens (primary N) is 1. The van der Waals surface area contributed by atoms with Gasteiger partial charge in [-0.25, -0.2) is 4.98 Å². The van der Waals surface area contributed by atoms with Gasteiger partial charge in [0.25, 0.3) is 0 Å². The van der Waals surface area contributed by atoms with Gasteiger partial charge in [-0.05, 0) is 55.7 Å². The average Bonchev–Trinajstić information content (AvgIpc) is 2.88. The van der Waals surface area contributed by atoms with E-state index in [2.05, 4.69) is 17.6 Å². The second kappa shape index (κ2) is 7.84. The number of fused-ring (bicyclic) bond motifs is 1. The van der Waals surface area contributed by atoms with Crippen molar-refractivity contribution in [1.82, 2.24) is 4.98 Å². The number of hydrogen-bond acceptors (Lipinski definition) is 4. The number of hydrogen-bond donors (Lipinski definition) is 2. The van der Waals surface area contributed by atoms with Gasteiger partial charge in [0.2, 0.25) is 0 Å². The fourth-order valence-corrected chi connectivity index (χ4v) is 3.20. The molecule has 0 aliphatic heterocycles. The maximum absolute atomic E-state index is 5.83. The minimum atomic E-state index is 0.442. The molecule has 0 saturated carbocycles. The van der Waals surface area contributed by atoms with E-state index in [1.807, 2.05) is 11.8 Å². The van der Waals surface area contributed by atoms with Crippen LogP contribution in [0.1, 0.15) is 42.5 Å². The second-order valence-electron chi connectivity index (χ2n) is 5.19. The molecule has 0 unspecified atom stereocenters. The van der Waals surface area contributed by atoms with Gasteiger partial charge in [0.05, 0.1) is 5.56 Å². The van der Waals surface area contributed by atoms with Crippen molar-refractivity contribution in [3.63, 3.8) is 0 Å². The minimum absolute atomic E-state index is 0.442. The van der Waals surface area contributed by atoms with Crippen LogP contribution >= 0.6 is 24.0 Å². The number of thiocarbonyl (C=S) groups is 1. The van der Waals surface area contributed by atoms with Crippen LogP contribution in [0, 0.1) is 0 Å². The summed E-state index contributed by atoms with van der Waals surface area (Å²) in [5.74, 6) is 2.12. The molecule has 1 aromatic rings. The maximum Gasteiger partial charge on any atom is 0.136 e. The van der Waals surface area contributed by atoms with E-state index in [1.165, 1.54) is 36.3 Å². The number of pyridine rings is 1. The van der Waals surface area contributed by atoms with Gasteiger partial charge < -0.3 is 11.1 Å². The number of rotatable bonds is 8. The number of unbranched alkanes of at least 4 members (excludes halogenated alkanes) is 2. The van der Waals surface area contributed by atoms with Crippen molar-refractivity contribution in [3.05, 3.63) is 22.9 Å². The zero-order valence-corrected chi connectivity index (χ0v) is 13.7. The molecule has 0 saturated heterocycles. The molecule has 1 aliphatic carbocycles. The lowest BCUT2D eigenvalue weighted by atomic mass is 10.1. The van der Waals surface area contributed by atoms with Crippen LogP contribution in [0.5, 0.6) is 0 Å². The summed E-state index contributed by atoms with van der Waals surface area (Å²) in [5, 5.41) is 3.42. The van der Waals surface area contributed by atoms with E-state index in [1.54, 1.807) is 0 Å². The van der Waals surface area contributed by atoms with E-state index >= 15 is 0 Å². The Morgan fingerprint density at radius 2 is 2.25 bits per heavy atom. The summed E-state index contributed by atoms with van der Waals surface area (Å²) in [7, 11) is 0. The van der Waals surface area contributed by atoms with Crippen LogP contribution in [0.4, 0.5) is 5.82 Å². The molecule has 0 fully saturated rings. The number of thioether (sulfide) groups is 1. The molecule has 1 aliphatic rings. The molecule has 3 nitrogen and oxygen atoms in total. The van der Waals surface area contributed by atoms with Crippen molar-refractivity contribution >= 4 is 34.8 Å². The summed E-state index contributed by atoms with van der Waals surface area (Å²) in [6, 6.07) is 2.13. The van der Waals surface area contributed by atoms with Crippen LogP contribution < -0.4 is 11.1 Å². The van der Waals surface area contributed by atoms with Crippen LogP contribution in [0.2, 0.25) is 0 Å². The van der Waals surface area contributed by atoms with E-state index in [9.17, 15) is 0 Å². The molecule has 0 bridgehead atoms. The van der Waals surface area contributed by atoms with Crippen molar-refractivity contribution in [1.29, 1.82) is 0 Å². The number of nitrogens with zero attached hydrogens (tertiary/aromatic N) is 1. The lowest BCUT2D eigenvalue weighted by molar-refractivity contribution is 0.748. The normalized spacial score (nSPS) is 13.2. The predicted octanol–water partition coefficient (Wildman–Crippen LogP) is 3.15. The van der Waals surface area contributed by atoms with Gasteiger partial charge in [0.1, 0.15) is 10.8 Å². The third kappa shape index (κ3) is 4.09. The third-order valence-corrected chi connectivity index (χ3v) is 4.55. The van der Waals surface area contributed by atoms with Crippen LogP contribution in [0.3, 0.4) is 0 Å². The highest BCUT2D eigenvalue weighted by atomic mass is 32.2. The van der Waals surface area contributed by atoms with Gasteiger partial charge in [0, 0.05) is 12.2 Å². The average molecular weight is 310 g/mol. The summed E-state index contributed by atoms with van der Waals surface area (Å²) < 4.78 is 0. The highest BCUT2D eigenvalue weighted by Crippen LogP contribution is 2.25. The molecule has 1 aromatic heterocycles. The molecule has 0 atom stereocenters. The molecule has 0 spiro atoms. The fourth-order valence-electron chi connectivity index (χ4n) is 2.55. The SMILES string of the molecule is CSCCCCCNc1nc2c(cc1C(N)=S)CCC2. The molecular formula is C15H23N3S2. The largest absolute Gasteiger partial charge is 0.389 e. The minimum Gasteiger partial charge on any atom is -0.389 e. The van der Waals surface area contributed by atoms with Gasteiger partial charge in [-0.3, -0.25) is 0 Å². The van der Waals surface area contributed by atoms with Crippen molar-refractivity contribution in [2.24, 2.45) is 5.73 Å². The van der Waals surface area contributed by atoms with Gasteiger partial charge in [-0.15, -0.1) is 0 Å². The van der Waals surface area contributed by atoms with Crippen molar-refractivity contribution in [2.45, 2.75) is 38.5 Å². The van der Waals surface area contributed by atoms with Crippen LogP contribution in [0.15, 0.2) is 6.07 Å². The summed E-state index contributed by atoms with van der Waals surface area (Å²) in [4.78, 5) is 5.17. The first-order valence-corrected chi connectivity index (χ1v) is 9.08. The molecule has 1 heterocycles. The molecule has 5 heteroatoms. The Kier molecular flexibility index (Phi) is 6.10. The van der Waals surface area contributed by atoms with Gasteiger partial charge in [-0.2, -0.15) is 11.8 Å². The number of aryl methyl sites for hydroxylation is 2. The Labute approximate surface area is 131 Å². The standard InChI is InChI=1S/C15H23N3S2/c1-20-9-4-2-3-8-17-15-12(14(16)19)10-11-6-5-7-13(11)18-15/h10H,2-9H2,1H3,(H2,16,19)(H,17,18). The molecule has 2 rings (SSSR count). The maximum atomic E-state index is 5.83. The van der Waals surface area contributed by atoms with E-state index in [4.69, 9.17) is 22.9 Å². The lowest BCUT2D eigenvalue weighted by Crippen LogP contribution is -2.16. The van der Waals surface area contributed by atoms with Crippen molar-refractivity contribution in [2.75, 3.05) is 23.9 Å². The van der Waals surface area contributed by atoms with Crippen molar-refractivity contribution in [3.8, 4) is 0 Å². The highest BCUT2D eigenvalue weighted by Gasteiger charge is 2.17. The molecule has 0 aromatic carbocycles. The summed E-state index contributed by atoms with van der Waals surface area (Å²) in [5.41, 5.74) is 9.27. The zero-order valence-electron chi connectivity index (χ0n) is 12.1. The fraction of sp³-hybridized carbons (Fsp3) is 0.600. The highest BCUT2D eigenvalue weighted by molar-refractivity contribution is 7.98. The molecule has 20 heavy (non-hydrogen) atoms. The second-order valence-corrected chi connectivity index (χ2v) is 6.61. The van der Waals surface area contributed by atoms with E-state index in [0.717, 1.165) is 37.2 Å². The van der Waals surface area contributed by atoms with Crippen LogP contribution in [-0.4, -0.2) is 28.5 Å². The Morgan fingerprint density at radius 1 is 1.40 bits per heavy atom. The lowest BCUT2D eigenvalue weighted by Gasteiger charge is -2.12. The third-order valence-electron chi connectivity index (χ3n) is 3.63. The van der Waals surface area contributed by atoms with Gasteiger partial charge in [-0.1, -0.05) is 18.6 Å². The Balaban J connectivity index is 1.94. The Morgan fingerprint density at radius 3 is 3.00 bits per heavy atom. The predicted molar refractivity (Wildman–Crippen MR) is 92.9 cm³/mol. The van der Waals surface area contributed by atoms with E-state index in [0.29, 0.717) is 4.99 Å². The quantitative estimate of drug-likeness (QED) is 0.571. The van der Waals surface area contributed by atoms with E-state index < -0.39 is 0 Å². The molecule has 0 amide bonds. The molecule has 0 radical (unpaired) electrons.